The van der Waals surface area contributed by atoms with Gasteiger partial charge in [0.1, 0.15) is 12.6 Å². The normalized spacial score (nSPS) is 12.5. The lowest BCUT2D eigenvalue weighted by Crippen LogP contribution is -2.55. The third-order valence-electron chi connectivity index (χ3n) is 6.87. The first kappa shape index (κ1) is 30.9. The minimum atomic E-state index is -4.09. The van der Waals surface area contributed by atoms with Gasteiger partial charge in [-0.05, 0) is 94.5 Å². The van der Waals surface area contributed by atoms with E-state index in [-0.39, 0.29) is 17.3 Å². The lowest BCUT2D eigenvalue weighted by Gasteiger charge is -2.35. The Morgan fingerprint density at radius 3 is 2.05 bits per heavy atom. The molecule has 0 aliphatic carbocycles. The summed E-state index contributed by atoms with van der Waals surface area (Å²) in [5, 5.41) is 3.00. The van der Waals surface area contributed by atoms with Gasteiger partial charge in [-0.1, -0.05) is 55.5 Å². The summed E-state index contributed by atoms with van der Waals surface area (Å²) in [5.41, 5.74) is 3.69. The highest BCUT2D eigenvalue weighted by atomic mass is 32.2. The first-order valence-corrected chi connectivity index (χ1v) is 15.0. The Balaban J connectivity index is 2.10. The number of sulfonamides is 1. The van der Waals surface area contributed by atoms with Crippen molar-refractivity contribution >= 4 is 27.5 Å². The van der Waals surface area contributed by atoms with E-state index < -0.39 is 34.1 Å². The second-order valence-electron chi connectivity index (χ2n) is 11.2. The van der Waals surface area contributed by atoms with E-state index in [1.54, 1.807) is 30.3 Å². The number of rotatable bonds is 10. The number of benzene rings is 3. The lowest BCUT2D eigenvalue weighted by molar-refractivity contribution is -0.141. The van der Waals surface area contributed by atoms with Gasteiger partial charge in [-0.3, -0.25) is 13.9 Å². The Bertz CT molecular complexity index is 1450. The SMILES string of the molecule is CCC(C(=O)NC(C)(C)C)N(Cc1ccccc1C)C(=O)CN(c1ccc(C)c(C)c1)S(=O)(=O)c1ccccc1. The van der Waals surface area contributed by atoms with Gasteiger partial charge < -0.3 is 10.2 Å². The van der Waals surface area contributed by atoms with Crippen LogP contribution in [-0.2, 0) is 26.2 Å². The largest absolute Gasteiger partial charge is 0.350 e. The fourth-order valence-electron chi connectivity index (χ4n) is 4.47. The molecule has 40 heavy (non-hydrogen) atoms. The van der Waals surface area contributed by atoms with Gasteiger partial charge in [-0.15, -0.1) is 0 Å². The fraction of sp³-hybridized carbons (Fsp3) is 0.375. The van der Waals surface area contributed by atoms with Crippen molar-refractivity contribution in [1.82, 2.24) is 10.2 Å². The molecular weight excluding hydrogens is 522 g/mol. The van der Waals surface area contributed by atoms with Crippen LogP contribution in [0, 0.1) is 20.8 Å². The molecule has 1 atom stereocenters. The average Bonchev–Trinajstić information content (AvgIpc) is 2.89. The van der Waals surface area contributed by atoms with Crippen LogP contribution in [0.25, 0.3) is 0 Å². The molecule has 0 aromatic heterocycles. The number of nitrogens with zero attached hydrogens (tertiary/aromatic N) is 2. The number of anilines is 1. The van der Waals surface area contributed by atoms with E-state index in [9.17, 15) is 18.0 Å². The number of nitrogens with one attached hydrogen (secondary N) is 1. The van der Waals surface area contributed by atoms with Crippen LogP contribution in [0.15, 0.2) is 77.7 Å². The molecule has 2 amide bonds. The number of hydrogen-bond donors (Lipinski definition) is 1. The van der Waals surface area contributed by atoms with Crippen LogP contribution in [0.1, 0.15) is 56.4 Å². The molecule has 8 heteroatoms. The summed E-state index contributed by atoms with van der Waals surface area (Å²) in [4.78, 5) is 29.2. The number of amides is 2. The third-order valence-corrected chi connectivity index (χ3v) is 8.66. The van der Waals surface area contributed by atoms with E-state index in [1.807, 2.05) is 78.8 Å². The smallest absolute Gasteiger partial charge is 0.264 e. The molecule has 3 aromatic carbocycles. The Morgan fingerprint density at radius 1 is 0.850 bits per heavy atom. The van der Waals surface area contributed by atoms with E-state index in [2.05, 4.69) is 5.32 Å². The maximum Gasteiger partial charge on any atom is 0.264 e. The molecule has 0 spiro atoms. The Kier molecular flexibility index (Phi) is 9.79. The molecule has 0 saturated heterocycles. The molecule has 0 saturated carbocycles. The maximum absolute atomic E-state index is 14.2. The molecule has 0 fully saturated rings. The van der Waals surface area contributed by atoms with Crippen LogP contribution < -0.4 is 9.62 Å². The zero-order valence-electron chi connectivity index (χ0n) is 24.6. The van der Waals surface area contributed by atoms with Crippen molar-refractivity contribution < 1.29 is 18.0 Å². The van der Waals surface area contributed by atoms with Gasteiger partial charge in [0.25, 0.3) is 10.0 Å². The zero-order chi connectivity index (χ0) is 29.7. The average molecular weight is 564 g/mol. The van der Waals surface area contributed by atoms with E-state index in [0.29, 0.717) is 12.1 Å². The molecule has 0 radical (unpaired) electrons. The van der Waals surface area contributed by atoms with Crippen molar-refractivity contribution in [3.8, 4) is 0 Å². The Hall–Kier alpha value is -3.65. The van der Waals surface area contributed by atoms with Crippen LogP contribution in [0.2, 0.25) is 0 Å². The summed E-state index contributed by atoms with van der Waals surface area (Å²) in [6.45, 7) is 13.0. The topological polar surface area (TPSA) is 86.8 Å². The molecular formula is C32H41N3O4S. The third kappa shape index (κ3) is 7.50. The Labute approximate surface area is 239 Å². The summed E-state index contributed by atoms with van der Waals surface area (Å²) in [6.07, 6.45) is 0.370. The molecule has 0 heterocycles. The number of carbonyl (C=O) groups is 2. The van der Waals surface area contributed by atoms with Gasteiger partial charge in [-0.25, -0.2) is 8.42 Å². The predicted octanol–water partition coefficient (Wildman–Crippen LogP) is 5.53. The van der Waals surface area contributed by atoms with Crippen LogP contribution in [0.3, 0.4) is 0 Å². The first-order valence-electron chi connectivity index (χ1n) is 13.6. The Morgan fingerprint density at radius 2 is 1.48 bits per heavy atom. The highest BCUT2D eigenvalue weighted by Crippen LogP contribution is 2.27. The predicted molar refractivity (Wildman–Crippen MR) is 161 cm³/mol. The molecule has 0 bridgehead atoms. The van der Waals surface area contributed by atoms with Crippen molar-refractivity contribution in [3.05, 3.63) is 95.1 Å². The molecule has 0 aliphatic heterocycles. The van der Waals surface area contributed by atoms with Crippen LogP contribution in [-0.4, -0.2) is 43.3 Å². The van der Waals surface area contributed by atoms with Crippen molar-refractivity contribution in [1.29, 1.82) is 0 Å². The quantitative estimate of drug-likeness (QED) is 0.352. The number of hydrogen-bond acceptors (Lipinski definition) is 4. The fourth-order valence-corrected chi connectivity index (χ4v) is 5.90. The summed E-state index contributed by atoms with van der Waals surface area (Å²) < 4.78 is 29.0. The molecule has 1 unspecified atom stereocenters. The van der Waals surface area contributed by atoms with Crippen molar-refractivity contribution in [2.45, 2.75) is 77.9 Å². The number of carbonyl (C=O) groups excluding carboxylic acids is 2. The molecule has 1 N–H and O–H groups in total. The van der Waals surface area contributed by atoms with Crippen molar-refractivity contribution in [2.75, 3.05) is 10.8 Å². The van der Waals surface area contributed by atoms with Crippen molar-refractivity contribution in [2.24, 2.45) is 0 Å². The second-order valence-corrected chi connectivity index (χ2v) is 13.1. The standard InChI is InChI=1S/C32H41N3O4S/c1-8-29(31(37)33-32(5,6)7)34(21-26-15-13-12-14-24(26)3)30(36)22-35(27-19-18-23(2)25(4)20-27)40(38,39)28-16-10-9-11-17-28/h9-20,29H,8,21-22H2,1-7H3,(H,33,37). The summed E-state index contributed by atoms with van der Waals surface area (Å²) in [5.74, 6) is -0.738. The zero-order valence-corrected chi connectivity index (χ0v) is 25.4. The number of aryl methyl sites for hydroxylation is 3. The van der Waals surface area contributed by atoms with Gasteiger partial charge in [0.05, 0.1) is 10.6 Å². The van der Waals surface area contributed by atoms with Crippen LogP contribution >= 0.6 is 0 Å². The summed E-state index contributed by atoms with van der Waals surface area (Å²) in [6, 6.07) is 20.3. The van der Waals surface area contributed by atoms with Gasteiger partial charge in [-0.2, -0.15) is 0 Å². The minimum Gasteiger partial charge on any atom is -0.350 e. The minimum absolute atomic E-state index is 0.0870. The van der Waals surface area contributed by atoms with Gasteiger partial charge in [0, 0.05) is 12.1 Å². The highest BCUT2D eigenvalue weighted by Gasteiger charge is 2.34. The van der Waals surface area contributed by atoms with Crippen LogP contribution in [0.5, 0.6) is 0 Å². The highest BCUT2D eigenvalue weighted by molar-refractivity contribution is 7.92. The van der Waals surface area contributed by atoms with Gasteiger partial charge in [0.2, 0.25) is 11.8 Å². The first-order chi connectivity index (χ1) is 18.7. The second kappa shape index (κ2) is 12.7. The molecule has 3 aromatic rings. The monoisotopic (exact) mass is 563 g/mol. The van der Waals surface area contributed by atoms with E-state index in [0.717, 1.165) is 26.6 Å². The summed E-state index contributed by atoms with van der Waals surface area (Å²) in [7, 11) is -4.09. The van der Waals surface area contributed by atoms with E-state index in [4.69, 9.17) is 0 Å². The maximum atomic E-state index is 14.2. The molecule has 0 aliphatic rings. The van der Waals surface area contributed by atoms with E-state index in [1.165, 1.54) is 17.0 Å². The van der Waals surface area contributed by atoms with Crippen molar-refractivity contribution in [3.63, 3.8) is 0 Å². The molecule has 214 valence electrons. The van der Waals surface area contributed by atoms with Gasteiger partial charge >= 0.3 is 0 Å². The molecule has 7 nitrogen and oxygen atoms in total. The van der Waals surface area contributed by atoms with Gasteiger partial charge in [0.15, 0.2) is 0 Å². The lowest BCUT2D eigenvalue weighted by atomic mass is 10.0. The van der Waals surface area contributed by atoms with Crippen LogP contribution in [0.4, 0.5) is 5.69 Å². The summed E-state index contributed by atoms with van der Waals surface area (Å²) >= 11 is 0. The molecule has 3 rings (SSSR count). The van der Waals surface area contributed by atoms with E-state index >= 15 is 0 Å².